The maximum atomic E-state index is 13.5. The van der Waals surface area contributed by atoms with Crippen LogP contribution in [-0.2, 0) is 19.8 Å². The van der Waals surface area contributed by atoms with Gasteiger partial charge in [0.05, 0.1) is 24.1 Å². The van der Waals surface area contributed by atoms with Crippen LogP contribution in [-0.4, -0.2) is 52.6 Å². The van der Waals surface area contributed by atoms with Crippen LogP contribution in [0.4, 0.5) is 13.2 Å². The lowest BCUT2D eigenvalue weighted by atomic mass is 9.93. The van der Waals surface area contributed by atoms with Crippen LogP contribution >= 0.6 is 0 Å². The predicted molar refractivity (Wildman–Crippen MR) is 120 cm³/mol. The van der Waals surface area contributed by atoms with Crippen LogP contribution in [0, 0.1) is 0 Å². The summed E-state index contributed by atoms with van der Waals surface area (Å²) in [5.74, 6) is -1.36. The molecule has 3 N–H and O–H groups in total. The summed E-state index contributed by atoms with van der Waals surface area (Å²) in [5, 5.41) is 2.77. The molecule has 12 heteroatoms. The molecule has 1 saturated carbocycles. The number of benzene rings is 1. The van der Waals surface area contributed by atoms with E-state index in [-0.39, 0.29) is 18.1 Å². The number of hydrogen-bond donors (Lipinski definition) is 2. The van der Waals surface area contributed by atoms with Gasteiger partial charge in [-0.05, 0) is 49.5 Å². The quantitative estimate of drug-likeness (QED) is 0.538. The zero-order valence-corrected chi connectivity index (χ0v) is 19.2. The number of rotatable bonds is 9. The molecule has 2 aliphatic rings. The standard InChI is InChI=1S/C24H25F3N4O5/c25-24(26,27)36-17-6-3-15(4-7-17)23(9-10-23)22(34)31-12-1-2-18(31)21(33)30-16(14-19(28)32)5-8-20-29-11-13-35-20/h3-8,11,13,16,18H,1-2,9-10,12,14H2,(H2,28,32)(H,30,33)/b8-5+/t16-,18+/m1/s1. The molecule has 2 aromatic rings. The molecule has 36 heavy (non-hydrogen) atoms. The van der Waals surface area contributed by atoms with Gasteiger partial charge in [-0.15, -0.1) is 13.2 Å². The molecule has 0 radical (unpaired) electrons. The van der Waals surface area contributed by atoms with Crippen molar-refractivity contribution < 1.29 is 36.7 Å². The number of amides is 3. The molecule has 1 aromatic carbocycles. The topological polar surface area (TPSA) is 128 Å². The molecule has 1 aliphatic carbocycles. The lowest BCUT2D eigenvalue weighted by molar-refractivity contribution is -0.274. The normalized spacial score (nSPS) is 19.8. The summed E-state index contributed by atoms with van der Waals surface area (Å²) in [6.07, 6.45) is 3.05. The van der Waals surface area contributed by atoms with Crippen molar-refractivity contribution in [2.75, 3.05) is 6.54 Å². The summed E-state index contributed by atoms with van der Waals surface area (Å²) in [6.45, 7) is 0.376. The summed E-state index contributed by atoms with van der Waals surface area (Å²) in [5.41, 5.74) is 5.02. The fourth-order valence-electron chi connectivity index (χ4n) is 4.46. The monoisotopic (exact) mass is 506 g/mol. The highest BCUT2D eigenvalue weighted by Gasteiger charge is 2.55. The van der Waals surface area contributed by atoms with E-state index in [1.54, 1.807) is 6.08 Å². The molecule has 1 aliphatic heterocycles. The zero-order chi connectivity index (χ0) is 25.9. The van der Waals surface area contributed by atoms with Gasteiger partial charge in [0.25, 0.3) is 0 Å². The van der Waals surface area contributed by atoms with Crippen molar-refractivity contribution in [3.8, 4) is 5.75 Å². The molecule has 4 rings (SSSR count). The maximum Gasteiger partial charge on any atom is 0.573 e. The van der Waals surface area contributed by atoms with Crippen LogP contribution in [0.25, 0.3) is 6.08 Å². The molecule has 1 saturated heterocycles. The number of likely N-dealkylation sites (tertiary alicyclic amines) is 1. The zero-order valence-electron chi connectivity index (χ0n) is 19.2. The smallest absolute Gasteiger partial charge is 0.445 e. The lowest BCUT2D eigenvalue weighted by Crippen LogP contribution is -2.51. The lowest BCUT2D eigenvalue weighted by Gasteiger charge is -2.29. The van der Waals surface area contributed by atoms with E-state index < -0.39 is 35.7 Å². The molecule has 2 heterocycles. The predicted octanol–water partition coefficient (Wildman–Crippen LogP) is 2.67. The number of primary amides is 1. The van der Waals surface area contributed by atoms with E-state index in [9.17, 15) is 27.6 Å². The molecule has 0 unspecified atom stereocenters. The molecular formula is C24H25F3N4O5. The Balaban J connectivity index is 1.45. The molecule has 3 amide bonds. The van der Waals surface area contributed by atoms with Crippen molar-refractivity contribution in [3.63, 3.8) is 0 Å². The molecule has 0 spiro atoms. The number of ether oxygens (including phenoxy) is 1. The van der Waals surface area contributed by atoms with Gasteiger partial charge in [0.15, 0.2) is 0 Å². The third-order valence-corrected chi connectivity index (χ3v) is 6.29. The van der Waals surface area contributed by atoms with Crippen molar-refractivity contribution >= 4 is 23.8 Å². The van der Waals surface area contributed by atoms with Gasteiger partial charge < -0.3 is 25.1 Å². The second-order valence-electron chi connectivity index (χ2n) is 8.83. The summed E-state index contributed by atoms with van der Waals surface area (Å²) in [7, 11) is 0. The van der Waals surface area contributed by atoms with Crippen molar-refractivity contribution in [2.24, 2.45) is 5.73 Å². The Labute approximate surface area is 204 Å². The number of nitrogens with one attached hydrogen (secondary N) is 1. The van der Waals surface area contributed by atoms with Gasteiger partial charge in [-0.25, -0.2) is 4.98 Å². The first kappa shape index (κ1) is 25.3. The Bertz CT molecular complexity index is 1130. The number of aromatic nitrogens is 1. The van der Waals surface area contributed by atoms with Crippen molar-refractivity contribution in [2.45, 2.75) is 56.0 Å². The summed E-state index contributed by atoms with van der Waals surface area (Å²) < 4.78 is 46.4. The van der Waals surface area contributed by atoms with Gasteiger partial charge in [0, 0.05) is 6.54 Å². The number of nitrogens with two attached hydrogens (primary N) is 1. The van der Waals surface area contributed by atoms with Crippen LogP contribution in [0.5, 0.6) is 5.75 Å². The van der Waals surface area contributed by atoms with Crippen LogP contribution in [0.3, 0.4) is 0 Å². The van der Waals surface area contributed by atoms with Crippen molar-refractivity contribution in [1.82, 2.24) is 15.2 Å². The number of carbonyl (C=O) groups excluding carboxylic acids is 3. The Morgan fingerprint density at radius 1 is 1.28 bits per heavy atom. The minimum Gasteiger partial charge on any atom is -0.445 e. The molecule has 192 valence electrons. The second kappa shape index (κ2) is 10.0. The van der Waals surface area contributed by atoms with Gasteiger partial charge in [0.2, 0.25) is 23.6 Å². The second-order valence-corrected chi connectivity index (χ2v) is 8.83. The number of oxazole rings is 1. The first-order chi connectivity index (χ1) is 17.1. The maximum absolute atomic E-state index is 13.5. The Morgan fingerprint density at radius 3 is 2.58 bits per heavy atom. The van der Waals surface area contributed by atoms with Gasteiger partial charge >= 0.3 is 6.36 Å². The molecule has 1 aromatic heterocycles. The number of halogens is 3. The molecular weight excluding hydrogens is 481 g/mol. The number of hydrogen-bond acceptors (Lipinski definition) is 6. The SMILES string of the molecule is NC(=O)C[C@@H](/C=C/c1ncco1)NC(=O)[C@@H]1CCCN1C(=O)C1(c2ccc(OC(F)(F)F)cc2)CC1. The van der Waals surface area contributed by atoms with Crippen LogP contribution in [0.1, 0.15) is 43.6 Å². The molecule has 2 fully saturated rings. The van der Waals surface area contributed by atoms with Crippen LogP contribution in [0.2, 0.25) is 0 Å². The minimum absolute atomic E-state index is 0.153. The Kier molecular flexibility index (Phi) is 7.04. The Hall–Kier alpha value is -3.83. The van der Waals surface area contributed by atoms with E-state index in [2.05, 4.69) is 15.0 Å². The number of alkyl halides is 3. The first-order valence-electron chi connectivity index (χ1n) is 11.4. The fraction of sp³-hybridized carbons (Fsp3) is 0.417. The van der Waals surface area contributed by atoms with E-state index >= 15 is 0 Å². The third kappa shape index (κ3) is 5.86. The summed E-state index contributed by atoms with van der Waals surface area (Å²) >= 11 is 0. The van der Waals surface area contributed by atoms with Gasteiger partial charge in [0.1, 0.15) is 18.1 Å². The number of nitrogens with zero attached hydrogens (tertiary/aromatic N) is 2. The fourth-order valence-corrected chi connectivity index (χ4v) is 4.46. The van der Waals surface area contributed by atoms with E-state index in [0.717, 1.165) is 0 Å². The highest BCUT2D eigenvalue weighted by atomic mass is 19.4. The first-order valence-corrected chi connectivity index (χ1v) is 11.4. The van der Waals surface area contributed by atoms with E-state index in [1.807, 2.05) is 0 Å². The van der Waals surface area contributed by atoms with Crippen molar-refractivity contribution in [3.05, 3.63) is 54.3 Å². The molecule has 2 atom stereocenters. The van der Waals surface area contributed by atoms with Gasteiger partial charge in [-0.3, -0.25) is 14.4 Å². The summed E-state index contributed by atoms with van der Waals surface area (Å²) in [4.78, 5) is 43.6. The van der Waals surface area contributed by atoms with Crippen molar-refractivity contribution in [1.29, 1.82) is 0 Å². The average molecular weight is 506 g/mol. The largest absolute Gasteiger partial charge is 0.573 e. The van der Waals surface area contributed by atoms with Crippen LogP contribution < -0.4 is 15.8 Å². The molecule has 0 bridgehead atoms. The minimum atomic E-state index is -4.80. The highest BCUT2D eigenvalue weighted by molar-refractivity contribution is 5.96. The van der Waals surface area contributed by atoms with E-state index in [0.29, 0.717) is 43.7 Å². The van der Waals surface area contributed by atoms with Gasteiger partial charge in [-0.1, -0.05) is 18.2 Å². The van der Waals surface area contributed by atoms with E-state index in [4.69, 9.17) is 10.2 Å². The van der Waals surface area contributed by atoms with E-state index in [1.165, 1.54) is 47.7 Å². The van der Waals surface area contributed by atoms with Gasteiger partial charge in [-0.2, -0.15) is 0 Å². The number of carbonyl (C=O) groups is 3. The molecule has 9 nitrogen and oxygen atoms in total. The highest BCUT2D eigenvalue weighted by Crippen LogP contribution is 2.50. The third-order valence-electron chi connectivity index (χ3n) is 6.29. The summed E-state index contributed by atoms with van der Waals surface area (Å²) in [6, 6.07) is 3.79. The Morgan fingerprint density at radius 2 is 2.00 bits per heavy atom. The average Bonchev–Trinajstić information content (AvgIpc) is 3.20. The van der Waals surface area contributed by atoms with Crippen LogP contribution in [0.15, 0.2) is 47.2 Å².